The summed E-state index contributed by atoms with van der Waals surface area (Å²) in [7, 11) is 0. The fourth-order valence-electron chi connectivity index (χ4n) is 4.99. The van der Waals surface area contributed by atoms with Crippen LogP contribution in [0.2, 0.25) is 0 Å². The molecule has 1 atom stereocenters. The number of amides is 6. The molecule has 44 heavy (non-hydrogen) atoms. The number of rotatable bonds is 13. The molecule has 12 heteroatoms. The molecule has 0 aliphatic carbocycles. The number of anilines is 2. The normalized spacial score (nSPS) is 13.2. The van der Waals surface area contributed by atoms with Crippen molar-refractivity contribution in [1.82, 2.24) is 20.4 Å². The SMILES string of the molecule is CC(=O)C[C@@H](C(=O)NCC(=O)N1CCCC1)N(C(=O)CNC(=O)Cc1ccc(NC(=O)Nc2ccccc2C)cc1)C(C)C. The summed E-state index contributed by atoms with van der Waals surface area (Å²) in [4.78, 5) is 78.7. The van der Waals surface area contributed by atoms with E-state index in [1.165, 1.54) is 11.8 Å². The Bertz CT molecular complexity index is 1350. The molecule has 1 heterocycles. The van der Waals surface area contributed by atoms with Crippen molar-refractivity contribution in [3.63, 3.8) is 0 Å². The molecule has 1 aliphatic rings. The minimum atomic E-state index is -1.12. The van der Waals surface area contributed by atoms with E-state index in [9.17, 15) is 28.8 Å². The van der Waals surface area contributed by atoms with E-state index in [1.54, 1.807) is 49.1 Å². The lowest BCUT2D eigenvalue weighted by molar-refractivity contribution is -0.144. The Hall–Kier alpha value is -4.74. The number of benzene rings is 2. The number of carbonyl (C=O) groups is 6. The molecule has 0 aromatic heterocycles. The van der Waals surface area contributed by atoms with Crippen LogP contribution in [0.15, 0.2) is 48.5 Å². The van der Waals surface area contributed by atoms with E-state index in [2.05, 4.69) is 21.3 Å². The number of hydrogen-bond donors (Lipinski definition) is 4. The second-order valence-corrected chi connectivity index (χ2v) is 11.2. The minimum absolute atomic E-state index is 0.0133. The maximum absolute atomic E-state index is 13.2. The monoisotopic (exact) mass is 606 g/mol. The third-order valence-corrected chi connectivity index (χ3v) is 7.24. The fraction of sp³-hybridized carbons (Fsp3) is 0.438. The molecule has 0 bridgehead atoms. The van der Waals surface area contributed by atoms with Crippen LogP contribution in [-0.4, -0.2) is 83.5 Å². The number of para-hydroxylation sites is 1. The molecule has 2 aromatic carbocycles. The Morgan fingerprint density at radius 1 is 0.864 bits per heavy atom. The summed E-state index contributed by atoms with van der Waals surface area (Å²) in [6, 6.07) is 12.2. The molecular weight excluding hydrogens is 564 g/mol. The number of likely N-dealkylation sites (tertiary alicyclic amines) is 1. The Morgan fingerprint density at radius 2 is 1.52 bits per heavy atom. The van der Waals surface area contributed by atoms with Crippen LogP contribution in [0, 0.1) is 6.92 Å². The van der Waals surface area contributed by atoms with Crippen LogP contribution < -0.4 is 21.3 Å². The average Bonchev–Trinajstić information content (AvgIpc) is 3.51. The van der Waals surface area contributed by atoms with Crippen LogP contribution in [0.5, 0.6) is 0 Å². The van der Waals surface area contributed by atoms with E-state index in [0.29, 0.717) is 30.0 Å². The topological polar surface area (TPSA) is 157 Å². The highest BCUT2D eigenvalue weighted by Crippen LogP contribution is 2.16. The molecule has 236 valence electrons. The van der Waals surface area contributed by atoms with Crippen molar-refractivity contribution in [3.05, 3.63) is 59.7 Å². The van der Waals surface area contributed by atoms with Gasteiger partial charge in [-0.15, -0.1) is 0 Å². The third-order valence-electron chi connectivity index (χ3n) is 7.24. The van der Waals surface area contributed by atoms with Gasteiger partial charge in [-0.25, -0.2) is 4.79 Å². The van der Waals surface area contributed by atoms with Crippen molar-refractivity contribution in [2.75, 3.05) is 36.8 Å². The third kappa shape index (κ3) is 10.2. The number of nitrogens with zero attached hydrogens (tertiary/aromatic N) is 2. The maximum atomic E-state index is 13.2. The van der Waals surface area contributed by atoms with Gasteiger partial charge in [0.2, 0.25) is 23.6 Å². The van der Waals surface area contributed by atoms with Gasteiger partial charge in [0.15, 0.2) is 0 Å². The molecule has 1 fully saturated rings. The fourth-order valence-corrected chi connectivity index (χ4v) is 4.99. The van der Waals surface area contributed by atoms with Crippen molar-refractivity contribution in [2.45, 2.75) is 65.5 Å². The molecular formula is C32H42N6O6. The van der Waals surface area contributed by atoms with Crippen molar-refractivity contribution < 1.29 is 28.8 Å². The summed E-state index contributed by atoms with van der Waals surface area (Å²) in [6.45, 7) is 7.37. The van der Waals surface area contributed by atoms with Gasteiger partial charge >= 0.3 is 6.03 Å². The van der Waals surface area contributed by atoms with E-state index in [0.717, 1.165) is 18.4 Å². The number of ketones is 1. The Morgan fingerprint density at radius 3 is 2.14 bits per heavy atom. The van der Waals surface area contributed by atoms with E-state index in [1.807, 2.05) is 25.1 Å². The van der Waals surface area contributed by atoms with E-state index in [-0.39, 0.29) is 37.6 Å². The van der Waals surface area contributed by atoms with Crippen LogP contribution >= 0.6 is 0 Å². The van der Waals surface area contributed by atoms with Crippen molar-refractivity contribution in [1.29, 1.82) is 0 Å². The zero-order chi connectivity index (χ0) is 32.2. The second-order valence-electron chi connectivity index (χ2n) is 11.2. The number of carbonyl (C=O) groups excluding carboxylic acids is 6. The van der Waals surface area contributed by atoms with Crippen molar-refractivity contribution in [3.8, 4) is 0 Å². The van der Waals surface area contributed by atoms with E-state index in [4.69, 9.17) is 0 Å². The van der Waals surface area contributed by atoms with Crippen LogP contribution in [0.25, 0.3) is 0 Å². The standard InChI is InChI=1S/C32H42N6O6/c1-21(2)38(27(17-23(4)39)31(43)34-19-29(41)37-15-7-8-16-37)30(42)20-33-28(40)18-24-11-13-25(14-12-24)35-32(44)36-26-10-6-5-9-22(26)3/h5-6,9-14,21,27H,7-8,15-20H2,1-4H3,(H,33,40)(H,34,43)(H2,35,36,44)/t27-/m0/s1. The molecule has 1 aliphatic heterocycles. The van der Waals surface area contributed by atoms with Gasteiger partial charge < -0.3 is 31.1 Å². The maximum Gasteiger partial charge on any atom is 0.323 e. The van der Waals surface area contributed by atoms with Crippen LogP contribution in [-0.2, 0) is 30.4 Å². The highest BCUT2D eigenvalue weighted by Gasteiger charge is 2.33. The summed E-state index contributed by atoms with van der Waals surface area (Å²) in [5.41, 5.74) is 2.84. The van der Waals surface area contributed by atoms with Crippen molar-refractivity contribution in [2.24, 2.45) is 0 Å². The van der Waals surface area contributed by atoms with Gasteiger partial charge in [0.05, 0.1) is 19.5 Å². The number of Topliss-reactive ketones (excluding diaryl/α,β-unsaturated/α-hetero) is 1. The Kier molecular flexibility index (Phi) is 12.4. The molecule has 12 nitrogen and oxygen atoms in total. The summed E-state index contributed by atoms with van der Waals surface area (Å²) in [5.74, 6) is -2.03. The predicted molar refractivity (Wildman–Crippen MR) is 167 cm³/mol. The van der Waals surface area contributed by atoms with Crippen LogP contribution in [0.1, 0.15) is 51.2 Å². The van der Waals surface area contributed by atoms with E-state index < -0.39 is 35.8 Å². The molecule has 0 unspecified atom stereocenters. The smallest absolute Gasteiger partial charge is 0.323 e. The lowest BCUT2D eigenvalue weighted by atomic mass is 10.1. The molecule has 4 N–H and O–H groups in total. The summed E-state index contributed by atoms with van der Waals surface area (Å²) in [5, 5.41) is 10.7. The van der Waals surface area contributed by atoms with Gasteiger partial charge in [-0.1, -0.05) is 30.3 Å². The largest absolute Gasteiger partial charge is 0.347 e. The lowest BCUT2D eigenvalue weighted by Gasteiger charge is -2.34. The number of hydrogen-bond acceptors (Lipinski definition) is 6. The highest BCUT2D eigenvalue weighted by molar-refractivity contribution is 6.00. The van der Waals surface area contributed by atoms with Gasteiger partial charge in [-0.05, 0) is 69.9 Å². The zero-order valence-corrected chi connectivity index (χ0v) is 25.8. The molecule has 2 aromatic rings. The summed E-state index contributed by atoms with van der Waals surface area (Å²) >= 11 is 0. The predicted octanol–water partition coefficient (Wildman–Crippen LogP) is 2.62. The van der Waals surface area contributed by atoms with Crippen molar-refractivity contribution >= 4 is 46.8 Å². The first-order valence-electron chi connectivity index (χ1n) is 14.8. The zero-order valence-electron chi connectivity index (χ0n) is 25.8. The number of aryl methyl sites for hydroxylation is 1. The van der Waals surface area contributed by atoms with Gasteiger partial charge in [-0.3, -0.25) is 24.0 Å². The molecule has 6 amide bonds. The number of nitrogens with one attached hydrogen (secondary N) is 4. The first-order chi connectivity index (χ1) is 20.9. The van der Waals surface area contributed by atoms with Gasteiger partial charge in [-0.2, -0.15) is 0 Å². The van der Waals surface area contributed by atoms with Gasteiger partial charge in [0.1, 0.15) is 11.8 Å². The first-order valence-corrected chi connectivity index (χ1v) is 14.8. The lowest BCUT2D eigenvalue weighted by Crippen LogP contribution is -2.56. The van der Waals surface area contributed by atoms with Gasteiger partial charge in [0.25, 0.3) is 0 Å². The average molecular weight is 607 g/mol. The number of urea groups is 1. The molecule has 1 saturated heterocycles. The second kappa shape index (κ2) is 16.2. The molecule has 0 saturated carbocycles. The first kappa shape index (κ1) is 33.8. The Balaban J connectivity index is 1.53. The van der Waals surface area contributed by atoms with Crippen LogP contribution in [0.3, 0.4) is 0 Å². The summed E-state index contributed by atoms with van der Waals surface area (Å²) in [6.07, 6.45) is 1.61. The van der Waals surface area contributed by atoms with Gasteiger partial charge in [0, 0.05) is 36.9 Å². The molecule has 0 radical (unpaired) electrons. The summed E-state index contributed by atoms with van der Waals surface area (Å²) < 4.78 is 0. The van der Waals surface area contributed by atoms with E-state index >= 15 is 0 Å². The molecule has 0 spiro atoms. The quantitative estimate of drug-likeness (QED) is 0.275. The molecule has 3 rings (SSSR count). The van der Waals surface area contributed by atoms with Crippen LogP contribution in [0.4, 0.5) is 16.2 Å². The Labute approximate surface area is 257 Å². The highest BCUT2D eigenvalue weighted by atomic mass is 16.2. The minimum Gasteiger partial charge on any atom is -0.347 e.